The summed E-state index contributed by atoms with van der Waals surface area (Å²) in [6.45, 7) is 6.83. The van der Waals surface area contributed by atoms with Gasteiger partial charge in [0.15, 0.2) is 11.5 Å². The summed E-state index contributed by atoms with van der Waals surface area (Å²) in [5.41, 5.74) is 0.826. The fourth-order valence-corrected chi connectivity index (χ4v) is 4.26. The number of thiophene rings is 1. The molecule has 1 unspecified atom stereocenters. The van der Waals surface area contributed by atoms with E-state index in [1.807, 2.05) is 38.1 Å². The van der Waals surface area contributed by atoms with Gasteiger partial charge in [-0.25, -0.2) is 14.8 Å². The number of ether oxygens (including phenoxy) is 3. The molecular formula is C20H21N3O4S. The van der Waals surface area contributed by atoms with Gasteiger partial charge in [0.2, 0.25) is 0 Å². The lowest BCUT2D eigenvalue weighted by Crippen LogP contribution is -2.35. The Morgan fingerprint density at radius 3 is 2.86 bits per heavy atom. The van der Waals surface area contributed by atoms with E-state index in [4.69, 9.17) is 14.2 Å². The molecule has 1 atom stereocenters. The van der Waals surface area contributed by atoms with Crippen molar-refractivity contribution < 1.29 is 19.0 Å². The van der Waals surface area contributed by atoms with E-state index in [1.54, 1.807) is 6.92 Å². The monoisotopic (exact) mass is 399 g/mol. The number of nitrogens with zero attached hydrogens (tertiary/aromatic N) is 2. The highest BCUT2D eigenvalue weighted by Gasteiger charge is 2.23. The molecule has 1 aromatic carbocycles. The first kappa shape index (κ1) is 18.5. The minimum atomic E-state index is -0.327. The standard InChI is InChI=1S/C20H21N3O4S/c1-4-25-20(24)17-11(2)16-18(22-12(3)23-19(16)28-17)21-9-13-10-26-14-7-5-6-8-15(14)27-13/h5-8,13H,4,9-10H2,1-3H3,(H,21,22,23). The summed E-state index contributed by atoms with van der Waals surface area (Å²) in [5.74, 6) is 2.49. The highest BCUT2D eigenvalue weighted by molar-refractivity contribution is 7.20. The van der Waals surface area contributed by atoms with Crippen molar-refractivity contribution in [3.63, 3.8) is 0 Å². The second-order valence-electron chi connectivity index (χ2n) is 6.45. The van der Waals surface area contributed by atoms with Gasteiger partial charge in [0, 0.05) is 0 Å². The Bertz CT molecular complexity index is 1030. The van der Waals surface area contributed by atoms with E-state index in [0.29, 0.717) is 36.3 Å². The highest BCUT2D eigenvalue weighted by Crippen LogP contribution is 2.35. The quantitative estimate of drug-likeness (QED) is 0.655. The molecule has 0 saturated heterocycles. The number of para-hydroxylation sites is 2. The minimum absolute atomic E-state index is 0.149. The number of anilines is 1. The van der Waals surface area contributed by atoms with Gasteiger partial charge < -0.3 is 19.5 Å². The molecule has 7 nitrogen and oxygen atoms in total. The van der Waals surface area contributed by atoms with E-state index in [1.165, 1.54) is 11.3 Å². The molecule has 4 rings (SSSR count). The molecular weight excluding hydrogens is 378 g/mol. The van der Waals surface area contributed by atoms with E-state index in [0.717, 1.165) is 27.3 Å². The lowest BCUT2D eigenvalue weighted by atomic mass is 10.2. The van der Waals surface area contributed by atoms with Crippen molar-refractivity contribution in [2.45, 2.75) is 26.9 Å². The van der Waals surface area contributed by atoms with E-state index < -0.39 is 0 Å². The van der Waals surface area contributed by atoms with Gasteiger partial charge >= 0.3 is 5.97 Å². The van der Waals surface area contributed by atoms with Crippen LogP contribution in [0.2, 0.25) is 0 Å². The van der Waals surface area contributed by atoms with Crippen LogP contribution in [-0.4, -0.2) is 41.8 Å². The van der Waals surface area contributed by atoms with Gasteiger partial charge in [0.05, 0.1) is 18.5 Å². The molecule has 0 spiro atoms. The Morgan fingerprint density at radius 1 is 1.29 bits per heavy atom. The van der Waals surface area contributed by atoms with E-state index in [2.05, 4.69) is 15.3 Å². The molecule has 1 aliphatic rings. The summed E-state index contributed by atoms with van der Waals surface area (Å²) in [6, 6.07) is 7.62. The molecule has 0 amide bonds. The second-order valence-corrected chi connectivity index (χ2v) is 7.45. The van der Waals surface area contributed by atoms with Crippen LogP contribution in [0.25, 0.3) is 10.2 Å². The number of carbonyl (C=O) groups is 1. The van der Waals surface area contributed by atoms with Crippen LogP contribution in [-0.2, 0) is 4.74 Å². The van der Waals surface area contributed by atoms with Crippen LogP contribution in [0.1, 0.15) is 28.0 Å². The van der Waals surface area contributed by atoms with E-state index in [-0.39, 0.29) is 12.1 Å². The number of nitrogens with one attached hydrogen (secondary N) is 1. The number of rotatable bonds is 5. The van der Waals surface area contributed by atoms with E-state index >= 15 is 0 Å². The zero-order valence-electron chi connectivity index (χ0n) is 15.9. The number of aryl methyl sites for hydroxylation is 2. The normalized spacial score (nSPS) is 15.5. The van der Waals surface area contributed by atoms with Crippen molar-refractivity contribution in [3.8, 4) is 11.5 Å². The number of fused-ring (bicyclic) bond motifs is 2. The maximum atomic E-state index is 12.2. The zero-order valence-corrected chi connectivity index (χ0v) is 16.8. The Balaban J connectivity index is 1.58. The number of hydrogen-bond donors (Lipinski definition) is 1. The van der Waals surface area contributed by atoms with Crippen molar-refractivity contribution in [1.82, 2.24) is 9.97 Å². The molecule has 3 aromatic rings. The van der Waals surface area contributed by atoms with Crippen LogP contribution in [0.4, 0.5) is 5.82 Å². The van der Waals surface area contributed by atoms with Gasteiger partial charge in [0.25, 0.3) is 0 Å². The number of carbonyl (C=O) groups excluding carboxylic acids is 1. The van der Waals surface area contributed by atoms with Crippen LogP contribution in [0, 0.1) is 13.8 Å². The molecule has 0 saturated carbocycles. The van der Waals surface area contributed by atoms with Gasteiger partial charge in [-0.1, -0.05) is 12.1 Å². The third-order valence-corrected chi connectivity index (χ3v) is 5.59. The predicted molar refractivity (Wildman–Crippen MR) is 108 cm³/mol. The van der Waals surface area contributed by atoms with Gasteiger partial charge in [-0.15, -0.1) is 11.3 Å². The van der Waals surface area contributed by atoms with Crippen molar-refractivity contribution >= 4 is 33.3 Å². The summed E-state index contributed by atoms with van der Waals surface area (Å²) in [5, 5.41) is 4.20. The molecule has 0 aliphatic carbocycles. The molecule has 1 aliphatic heterocycles. The summed E-state index contributed by atoms with van der Waals surface area (Å²) in [4.78, 5) is 22.6. The third kappa shape index (κ3) is 3.47. The lowest BCUT2D eigenvalue weighted by Gasteiger charge is -2.26. The first-order chi connectivity index (χ1) is 13.6. The Labute approximate surface area is 166 Å². The zero-order chi connectivity index (χ0) is 19.7. The molecule has 0 radical (unpaired) electrons. The van der Waals surface area contributed by atoms with Crippen LogP contribution in [0.5, 0.6) is 11.5 Å². The fraction of sp³-hybridized carbons (Fsp3) is 0.350. The summed E-state index contributed by atoms with van der Waals surface area (Å²) < 4.78 is 16.9. The topological polar surface area (TPSA) is 82.6 Å². The Hall–Kier alpha value is -2.87. The first-order valence-electron chi connectivity index (χ1n) is 9.14. The fourth-order valence-electron chi connectivity index (χ4n) is 3.14. The minimum Gasteiger partial charge on any atom is -0.486 e. The second kappa shape index (κ2) is 7.63. The lowest BCUT2D eigenvalue weighted by molar-refractivity contribution is 0.0531. The summed E-state index contributed by atoms with van der Waals surface area (Å²) >= 11 is 1.33. The maximum Gasteiger partial charge on any atom is 0.348 e. The van der Waals surface area contributed by atoms with Gasteiger partial charge in [0.1, 0.15) is 34.1 Å². The summed E-state index contributed by atoms with van der Waals surface area (Å²) in [6.07, 6.45) is -0.149. The van der Waals surface area contributed by atoms with Gasteiger partial charge in [-0.3, -0.25) is 0 Å². The summed E-state index contributed by atoms with van der Waals surface area (Å²) in [7, 11) is 0. The van der Waals surface area contributed by atoms with Crippen LogP contribution < -0.4 is 14.8 Å². The van der Waals surface area contributed by atoms with Crippen molar-refractivity contribution in [2.75, 3.05) is 25.1 Å². The number of hydrogen-bond acceptors (Lipinski definition) is 8. The average molecular weight is 399 g/mol. The Kier molecular flexibility index (Phi) is 5.04. The third-order valence-electron chi connectivity index (χ3n) is 4.43. The Morgan fingerprint density at radius 2 is 2.07 bits per heavy atom. The number of esters is 1. The number of benzene rings is 1. The highest BCUT2D eigenvalue weighted by atomic mass is 32.1. The maximum absolute atomic E-state index is 12.2. The molecule has 8 heteroatoms. The van der Waals surface area contributed by atoms with Crippen molar-refractivity contribution in [2.24, 2.45) is 0 Å². The molecule has 0 fully saturated rings. The molecule has 0 bridgehead atoms. The first-order valence-corrected chi connectivity index (χ1v) is 9.95. The largest absolute Gasteiger partial charge is 0.486 e. The van der Waals surface area contributed by atoms with E-state index in [9.17, 15) is 4.79 Å². The average Bonchev–Trinajstić information content (AvgIpc) is 3.02. The molecule has 3 heterocycles. The molecule has 1 N–H and O–H groups in total. The van der Waals surface area contributed by atoms with Crippen LogP contribution >= 0.6 is 11.3 Å². The van der Waals surface area contributed by atoms with Crippen molar-refractivity contribution in [1.29, 1.82) is 0 Å². The number of aromatic nitrogens is 2. The van der Waals surface area contributed by atoms with Crippen LogP contribution in [0.15, 0.2) is 24.3 Å². The molecule has 28 heavy (non-hydrogen) atoms. The van der Waals surface area contributed by atoms with Gasteiger partial charge in [-0.2, -0.15) is 0 Å². The SMILES string of the molecule is CCOC(=O)c1sc2nc(C)nc(NCC3COc4ccccc4O3)c2c1C. The smallest absolute Gasteiger partial charge is 0.348 e. The molecule has 146 valence electrons. The van der Waals surface area contributed by atoms with Gasteiger partial charge in [-0.05, 0) is 38.5 Å². The molecule has 2 aromatic heterocycles. The van der Waals surface area contributed by atoms with Crippen LogP contribution in [0.3, 0.4) is 0 Å². The predicted octanol–water partition coefficient (Wildman–Crippen LogP) is 3.74. The van der Waals surface area contributed by atoms with Crippen molar-refractivity contribution in [3.05, 3.63) is 40.5 Å².